The average molecular weight is 357 g/mol. The number of anilines is 3. The second-order valence-electron chi connectivity index (χ2n) is 6.74. The number of hydrogen-bond acceptors (Lipinski definition) is 6. The third-order valence-corrected chi connectivity index (χ3v) is 4.97. The van der Waals surface area contributed by atoms with E-state index in [0.717, 1.165) is 42.8 Å². The Labute approximate surface area is 157 Å². The van der Waals surface area contributed by atoms with E-state index < -0.39 is 0 Å². The fraction of sp³-hybridized carbons (Fsp3) is 0.190. The van der Waals surface area contributed by atoms with Crippen molar-refractivity contribution in [2.75, 3.05) is 17.3 Å². The van der Waals surface area contributed by atoms with Crippen molar-refractivity contribution >= 4 is 23.7 Å². The number of aromatic nitrogens is 2. The Kier molecular flexibility index (Phi) is 3.74. The fourth-order valence-corrected chi connectivity index (χ4v) is 3.54. The topological polar surface area (TPSA) is 62.6 Å². The minimum absolute atomic E-state index is 0.720. The molecule has 2 aliphatic heterocycles. The quantitative estimate of drug-likeness (QED) is 0.772. The molecule has 6 heteroatoms. The number of nitrogens with zero attached hydrogens (tertiary/aromatic N) is 4. The highest BCUT2D eigenvalue weighted by atomic mass is 16.5. The van der Waals surface area contributed by atoms with Gasteiger partial charge in [0, 0.05) is 31.2 Å². The SMILES string of the molecule is COc1ccc2c(c1)CN(c1nccc(Nc3ccc4c(c3)C=NC4)n1)C2. The normalized spacial score (nSPS) is 14.2. The Morgan fingerprint density at radius 3 is 2.81 bits per heavy atom. The molecule has 3 aromatic rings. The minimum Gasteiger partial charge on any atom is -0.497 e. The van der Waals surface area contributed by atoms with E-state index in [0.29, 0.717) is 0 Å². The number of methoxy groups -OCH3 is 1. The lowest BCUT2D eigenvalue weighted by Gasteiger charge is -2.16. The molecule has 27 heavy (non-hydrogen) atoms. The molecule has 1 aromatic heterocycles. The van der Waals surface area contributed by atoms with Crippen LogP contribution in [-0.2, 0) is 19.6 Å². The van der Waals surface area contributed by atoms with Crippen LogP contribution in [0.3, 0.4) is 0 Å². The molecule has 5 rings (SSSR count). The Morgan fingerprint density at radius 2 is 1.89 bits per heavy atom. The van der Waals surface area contributed by atoms with E-state index in [2.05, 4.69) is 50.5 Å². The summed E-state index contributed by atoms with van der Waals surface area (Å²) >= 11 is 0. The molecule has 0 fully saturated rings. The van der Waals surface area contributed by atoms with E-state index in [1.165, 1.54) is 22.3 Å². The molecule has 6 nitrogen and oxygen atoms in total. The smallest absolute Gasteiger partial charge is 0.227 e. The van der Waals surface area contributed by atoms with Gasteiger partial charge in [0.25, 0.3) is 0 Å². The molecule has 0 spiro atoms. The van der Waals surface area contributed by atoms with Crippen molar-refractivity contribution in [2.45, 2.75) is 19.6 Å². The number of benzene rings is 2. The molecule has 0 bridgehead atoms. The van der Waals surface area contributed by atoms with E-state index in [1.54, 1.807) is 13.3 Å². The van der Waals surface area contributed by atoms with Gasteiger partial charge in [-0.2, -0.15) is 4.98 Å². The molecular formula is C21H19N5O. The maximum absolute atomic E-state index is 5.33. The molecule has 0 amide bonds. The third kappa shape index (κ3) is 2.99. The zero-order valence-corrected chi connectivity index (χ0v) is 15.0. The lowest BCUT2D eigenvalue weighted by Crippen LogP contribution is -2.17. The van der Waals surface area contributed by atoms with Crippen LogP contribution in [0, 0.1) is 0 Å². The summed E-state index contributed by atoms with van der Waals surface area (Å²) in [7, 11) is 1.69. The highest BCUT2D eigenvalue weighted by Crippen LogP contribution is 2.29. The van der Waals surface area contributed by atoms with E-state index in [1.807, 2.05) is 18.3 Å². The monoisotopic (exact) mass is 357 g/mol. The van der Waals surface area contributed by atoms with Crippen LogP contribution >= 0.6 is 0 Å². The van der Waals surface area contributed by atoms with Crippen LogP contribution in [0.1, 0.15) is 22.3 Å². The van der Waals surface area contributed by atoms with Crippen molar-refractivity contribution in [3.8, 4) is 5.75 Å². The highest BCUT2D eigenvalue weighted by Gasteiger charge is 2.22. The van der Waals surface area contributed by atoms with Gasteiger partial charge in [-0.1, -0.05) is 12.1 Å². The largest absolute Gasteiger partial charge is 0.497 e. The van der Waals surface area contributed by atoms with Gasteiger partial charge in [-0.05, 0) is 52.6 Å². The van der Waals surface area contributed by atoms with Crippen molar-refractivity contribution in [1.29, 1.82) is 0 Å². The van der Waals surface area contributed by atoms with E-state index in [9.17, 15) is 0 Å². The Balaban J connectivity index is 1.36. The summed E-state index contributed by atoms with van der Waals surface area (Å²) in [5.41, 5.74) is 5.97. The number of aliphatic imine (C=N–C) groups is 1. The van der Waals surface area contributed by atoms with Crippen molar-refractivity contribution in [1.82, 2.24) is 9.97 Å². The molecule has 0 radical (unpaired) electrons. The van der Waals surface area contributed by atoms with Crippen LogP contribution in [0.15, 0.2) is 53.7 Å². The molecule has 3 heterocycles. The van der Waals surface area contributed by atoms with Gasteiger partial charge in [0.15, 0.2) is 0 Å². The molecule has 0 saturated carbocycles. The first kappa shape index (κ1) is 15.8. The van der Waals surface area contributed by atoms with Crippen LogP contribution in [0.4, 0.5) is 17.5 Å². The zero-order chi connectivity index (χ0) is 18.2. The summed E-state index contributed by atoms with van der Waals surface area (Å²) in [6.45, 7) is 2.36. The summed E-state index contributed by atoms with van der Waals surface area (Å²) in [4.78, 5) is 15.7. The number of nitrogens with one attached hydrogen (secondary N) is 1. The molecule has 1 N–H and O–H groups in total. The second kappa shape index (κ2) is 6.39. The fourth-order valence-electron chi connectivity index (χ4n) is 3.54. The molecular weight excluding hydrogens is 338 g/mol. The summed E-state index contributed by atoms with van der Waals surface area (Å²) < 4.78 is 5.33. The van der Waals surface area contributed by atoms with E-state index in [4.69, 9.17) is 9.72 Å². The van der Waals surface area contributed by atoms with Crippen LogP contribution in [0.25, 0.3) is 0 Å². The summed E-state index contributed by atoms with van der Waals surface area (Å²) in [6, 6.07) is 14.4. The van der Waals surface area contributed by atoms with Gasteiger partial charge < -0.3 is 15.0 Å². The Hall–Kier alpha value is -3.41. The predicted octanol–water partition coefficient (Wildman–Crippen LogP) is 3.68. The maximum atomic E-state index is 5.33. The van der Waals surface area contributed by atoms with Gasteiger partial charge in [0.05, 0.1) is 13.7 Å². The van der Waals surface area contributed by atoms with Crippen molar-refractivity contribution < 1.29 is 4.74 Å². The molecule has 0 saturated heterocycles. The molecule has 0 aliphatic carbocycles. The van der Waals surface area contributed by atoms with Crippen molar-refractivity contribution in [3.63, 3.8) is 0 Å². The lowest BCUT2D eigenvalue weighted by molar-refractivity contribution is 0.414. The predicted molar refractivity (Wildman–Crippen MR) is 106 cm³/mol. The van der Waals surface area contributed by atoms with E-state index in [-0.39, 0.29) is 0 Å². The zero-order valence-electron chi connectivity index (χ0n) is 15.0. The molecule has 2 aliphatic rings. The first-order chi connectivity index (χ1) is 13.3. The highest BCUT2D eigenvalue weighted by molar-refractivity contribution is 5.86. The van der Waals surface area contributed by atoms with Gasteiger partial charge in [-0.25, -0.2) is 4.98 Å². The number of hydrogen-bond donors (Lipinski definition) is 1. The number of rotatable bonds is 4. The molecule has 134 valence electrons. The molecule has 0 atom stereocenters. The van der Waals surface area contributed by atoms with Gasteiger partial charge in [-0.15, -0.1) is 0 Å². The first-order valence-electron chi connectivity index (χ1n) is 8.92. The maximum Gasteiger partial charge on any atom is 0.227 e. The van der Waals surface area contributed by atoms with Crippen LogP contribution in [0.2, 0.25) is 0 Å². The molecule has 2 aromatic carbocycles. The lowest BCUT2D eigenvalue weighted by atomic mass is 10.1. The van der Waals surface area contributed by atoms with Crippen LogP contribution in [-0.4, -0.2) is 23.3 Å². The number of fused-ring (bicyclic) bond motifs is 2. The third-order valence-electron chi connectivity index (χ3n) is 4.97. The Morgan fingerprint density at radius 1 is 1.00 bits per heavy atom. The van der Waals surface area contributed by atoms with Gasteiger partial charge in [0.2, 0.25) is 5.95 Å². The second-order valence-corrected chi connectivity index (χ2v) is 6.74. The average Bonchev–Trinajstić information content (AvgIpc) is 3.33. The van der Waals surface area contributed by atoms with Crippen LogP contribution in [0.5, 0.6) is 5.75 Å². The molecule has 0 unspecified atom stereocenters. The van der Waals surface area contributed by atoms with Crippen LogP contribution < -0.4 is 15.0 Å². The first-order valence-corrected chi connectivity index (χ1v) is 8.92. The Bertz CT molecular complexity index is 1050. The number of ether oxygens (including phenoxy) is 1. The summed E-state index contributed by atoms with van der Waals surface area (Å²) in [5.74, 6) is 2.38. The van der Waals surface area contributed by atoms with Gasteiger partial charge in [-0.3, -0.25) is 4.99 Å². The summed E-state index contributed by atoms with van der Waals surface area (Å²) in [5, 5.41) is 3.38. The summed E-state index contributed by atoms with van der Waals surface area (Å²) in [6.07, 6.45) is 3.71. The minimum atomic E-state index is 0.720. The standard InChI is InChI=1S/C21H19N5O/c1-27-19-5-3-15-12-26(13-17(15)9-19)21-23-7-6-20(25-21)24-18-4-2-14-10-22-11-16(14)8-18/h2-9,11H,10,12-13H2,1H3,(H,23,24,25). The van der Waals surface area contributed by atoms with Gasteiger partial charge in [0.1, 0.15) is 11.6 Å². The van der Waals surface area contributed by atoms with E-state index >= 15 is 0 Å². The van der Waals surface area contributed by atoms with Crippen molar-refractivity contribution in [3.05, 3.63) is 70.9 Å². The van der Waals surface area contributed by atoms with Gasteiger partial charge >= 0.3 is 0 Å². The van der Waals surface area contributed by atoms with Crippen molar-refractivity contribution in [2.24, 2.45) is 4.99 Å².